The number of aromatic nitrogens is 1. The molecule has 4 heterocycles. The summed E-state index contributed by atoms with van der Waals surface area (Å²) in [5.74, 6) is 0.592. The zero-order valence-electron chi connectivity index (χ0n) is 12.6. The van der Waals surface area contributed by atoms with Gasteiger partial charge in [0.15, 0.2) is 0 Å². The van der Waals surface area contributed by atoms with Gasteiger partial charge in [-0.05, 0) is 50.4 Å². The van der Waals surface area contributed by atoms with Crippen LogP contribution in [0.1, 0.15) is 36.7 Å². The minimum absolute atomic E-state index is 0.0473. The monoisotopic (exact) mass is 288 g/mol. The Labute approximate surface area is 126 Å². The van der Waals surface area contributed by atoms with Crippen LogP contribution in [0, 0.1) is 5.92 Å². The predicted octanol–water partition coefficient (Wildman–Crippen LogP) is 1.73. The number of nitrogens with zero attached hydrogens (tertiary/aromatic N) is 2. The highest BCUT2D eigenvalue weighted by Gasteiger charge is 2.35. The topological polar surface area (TPSA) is 57.3 Å². The Morgan fingerprint density at radius 2 is 2.24 bits per heavy atom. The number of hydrogen-bond acceptors (Lipinski definition) is 4. The van der Waals surface area contributed by atoms with Crippen LogP contribution in [0.3, 0.4) is 0 Å². The smallest absolute Gasteiger partial charge is 0.270 e. The van der Waals surface area contributed by atoms with Crippen LogP contribution < -0.4 is 10.6 Å². The maximum atomic E-state index is 12.4. The summed E-state index contributed by atoms with van der Waals surface area (Å²) in [6.45, 7) is 6.39. The molecule has 114 valence electrons. The number of carbonyl (C=O) groups is 1. The average Bonchev–Trinajstić information content (AvgIpc) is 2.54. The summed E-state index contributed by atoms with van der Waals surface area (Å²) >= 11 is 0. The van der Waals surface area contributed by atoms with Crippen LogP contribution in [-0.2, 0) is 0 Å². The quantitative estimate of drug-likeness (QED) is 0.866. The first-order valence-corrected chi connectivity index (χ1v) is 7.99. The van der Waals surface area contributed by atoms with Crippen molar-refractivity contribution in [3.63, 3.8) is 0 Å². The molecular formula is C16H24N4O. The first kappa shape index (κ1) is 14.3. The largest absolute Gasteiger partial charge is 0.385 e. The number of pyridine rings is 1. The molecule has 0 saturated carbocycles. The second-order valence-corrected chi connectivity index (χ2v) is 6.07. The number of anilines is 1. The lowest BCUT2D eigenvalue weighted by atomic mass is 9.84. The molecule has 0 aromatic carbocycles. The van der Waals surface area contributed by atoms with Gasteiger partial charge < -0.3 is 15.5 Å². The standard InChI is InChI=1S/C16H24N4O/c1-2-6-17-13-3-7-18-14(10-13)16(21)19-15-11-20-8-4-12(15)5-9-20/h3,7,10,12,15H,2,4-6,8-9,11H2,1H3,(H,17,18)(H,19,21). The van der Waals surface area contributed by atoms with Gasteiger partial charge in [0.05, 0.1) is 0 Å². The van der Waals surface area contributed by atoms with Gasteiger partial charge in [-0.1, -0.05) is 6.92 Å². The summed E-state index contributed by atoms with van der Waals surface area (Å²) < 4.78 is 0. The molecule has 0 aliphatic carbocycles. The Bertz CT molecular complexity index is 497. The number of hydrogen-bond donors (Lipinski definition) is 2. The molecule has 3 aliphatic rings. The number of nitrogens with one attached hydrogen (secondary N) is 2. The van der Waals surface area contributed by atoms with Gasteiger partial charge in [-0.15, -0.1) is 0 Å². The molecule has 1 unspecified atom stereocenters. The van der Waals surface area contributed by atoms with Crippen LogP contribution in [0.15, 0.2) is 18.3 Å². The van der Waals surface area contributed by atoms with E-state index in [0.29, 0.717) is 11.6 Å². The van der Waals surface area contributed by atoms with E-state index < -0.39 is 0 Å². The van der Waals surface area contributed by atoms with Crippen molar-refractivity contribution in [2.24, 2.45) is 5.92 Å². The summed E-state index contributed by atoms with van der Waals surface area (Å²) in [4.78, 5) is 19.0. The van der Waals surface area contributed by atoms with Gasteiger partial charge in [-0.25, -0.2) is 0 Å². The van der Waals surface area contributed by atoms with Crippen molar-refractivity contribution in [1.82, 2.24) is 15.2 Å². The van der Waals surface area contributed by atoms with E-state index in [2.05, 4.69) is 27.4 Å². The molecule has 2 bridgehead atoms. The summed E-state index contributed by atoms with van der Waals surface area (Å²) in [7, 11) is 0. The number of rotatable bonds is 5. The third-order valence-electron chi connectivity index (χ3n) is 4.54. The molecule has 3 saturated heterocycles. The van der Waals surface area contributed by atoms with Crippen molar-refractivity contribution in [1.29, 1.82) is 0 Å². The number of amides is 1. The molecule has 1 aromatic heterocycles. The molecule has 5 heteroatoms. The van der Waals surface area contributed by atoms with Gasteiger partial charge in [0.2, 0.25) is 0 Å². The second-order valence-electron chi connectivity index (χ2n) is 6.07. The molecule has 0 radical (unpaired) electrons. The van der Waals surface area contributed by atoms with Crippen molar-refractivity contribution in [3.05, 3.63) is 24.0 Å². The minimum atomic E-state index is -0.0473. The van der Waals surface area contributed by atoms with Gasteiger partial charge in [0, 0.05) is 31.0 Å². The van der Waals surface area contributed by atoms with Gasteiger partial charge in [0.25, 0.3) is 5.91 Å². The van der Waals surface area contributed by atoms with Crippen LogP contribution >= 0.6 is 0 Å². The molecule has 3 fully saturated rings. The van der Waals surface area contributed by atoms with Crippen LogP contribution in [0.2, 0.25) is 0 Å². The fraction of sp³-hybridized carbons (Fsp3) is 0.625. The Kier molecular flexibility index (Phi) is 4.39. The van der Waals surface area contributed by atoms with Crippen molar-refractivity contribution in [2.45, 2.75) is 32.2 Å². The molecule has 3 aliphatic heterocycles. The first-order valence-electron chi connectivity index (χ1n) is 7.99. The average molecular weight is 288 g/mol. The molecule has 5 nitrogen and oxygen atoms in total. The van der Waals surface area contributed by atoms with E-state index in [-0.39, 0.29) is 11.9 Å². The zero-order chi connectivity index (χ0) is 14.7. The van der Waals surface area contributed by atoms with E-state index in [1.165, 1.54) is 25.9 Å². The number of fused-ring (bicyclic) bond motifs is 3. The highest BCUT2D eigenvalue weighted by molar-refractivity contribution is 5.93. The van der Waals surface area contributed by atoms with Crippen LogP contribution in [0.5, 0.6) is 0 Å². The highest BCUT2D eigenvalue weighted by atomic mass is 16.2. The fourth-order valence-electron chi connectivity index (χ4n) is 3.30. The lowest BCUT2D eigenvalue weighted by Gasteiger charge is -2.44. The lowest BCUT2D eigenvalue weighted by Crippen LogP contribution is -2.57. The third-order valence-corrected chi connectivity index (χ3v) is 4.54. The van der Waals surface area contributed by atoms with E-state index in [1.807, 2.05) is 12.1 Å². The van der Waals surface area contributed by atoms with Gasteiger partial charge in [-0.2, -0.15) is 0 Å². The molecule has 1 amide bonds. The predicted molar refractivity (Wildman–Crippen MR) is 83.4 cm³/mol. The van der Waals surface area contributed by atoms with Gasteiger partial charge >= 0.3 is 0 Å². The molecule has 4 rings (SSSR count). The van der Waals surface area contributed by atoms with Crippen LogP contribution in [0.25, 0.3) is 0 Å². The highest BCUT2D eigenvalue weighted by Crippen LogP contribution is 2.27. The Morgan fingerprint density at radius 3 is 2.90 bits per heavy atom. The first-order chi connectivity index (χ1) is 10.3. The molecule has 1 aromatic rings. The molecular weight excluding hydrogens is 264 g/mol. The van der Waals surface area contributed by atoms with Crippen molar-refractivity contribution in [3.8, 4) is 0 Å². The maximum absolute atomic E-state index is 12.4. The normalized spacial score (nSPS) is 27.4. The van der Waals surface area contributed by atoms with Gasteiger partial charge in [-0.3, -0.25) is 9.78 Å². The second kappa shape index (κ2) is 6.43. The van der Waals surface area contributed by atoms with Crippen LogP contribution in [0.4, 0.5) is 5.69 Å². The van der Waals surface area contributed by atoms with Crippen LogP contribution in [-0.4, -0.2) is 48.0 Å². The van der Waals surface area contributed by atoms with Crippen molar-refractivity contribution < 1.29 is 4.79 Å². The summed E-state index contributed by atoms with van der Waals surface area (Å²) in [6, 6.07) is 4.03. The molecule has 2 N–H and O–H groups in total. The summed E-state index contributed by atoms with van der Waals surface area (Å²) in [5, 5.41) is 6.47. The third kappa shape index (κ3) is 3.35. The number of carbonyl (C=O) groups excluding carboxylic acids is 1. The molecule has 1 atom stereocenters. The van der Waals surface area contributed by atoms with E-state index >= 15 is 0 Å². The fourth-order valence-corrected chi connectivity index (χ4v) is 3.30. The minimum Gasteiger partial charge on any atom is -0.385 e. The Morgan fingerprint density at radius 1 is 1.43 bits per heavy atom. The van der Waals surface area contributed by atoms with E-state index in [4.69, 9.17) is 0 Å². The van der Waals surface area contributed by atoms with E-state index in [1.54, 1.807) is 6.20 Å². The number of piperidine rings is 3. The Hall–Kier alpha value is -1.62. The van der Waals surface area contributed by atoms with Gasteiger partial charge in [0.1, 0.15) is 5.69 Å². The SMILES string of the molecule is CCCNc1ccnc(C(=O)NC2CN3CCC2CC3)c1. The van der Waals surface area contributed by atoms with Crippen molar-refractivity contribution in [2.75, 3.05) is 31.5 Å². The molecule has 0 spiro atoms. The van der Waals surface area contributed by atoms with E-state index in [0.717, 1.165) is 25.2 Å². The molecule has 21 heavy (non-hydrogen) atoms. The zero-order valence-corrected chi connectivity index (χ0v) is 12.6. The van der Waals surface area contributed by atoms with Crippen molar-refractivity contribution >= 4 is 11.6 Å². The summed E-state index contributed by atoms with van der Waals surface area (Å²) in [6.07, 6.45) is 5.17. The lowest BCUT2D eigenvalue weighted by molar-refractivity contribution is 0.0618. The van der Waals surface area contributed by atoms with E-state index in [9.17, 15) is 4.79 Å². The maximum Gasteiger partial charge on any atom is 0.270 e. The summed E-state index contributed by atoms with van der Waals surface area (Å²) in [5.41, 5.74) is 1.47. The Balaban J connectivity index is 1.62.